The zero-order valence-corrected chi connectivity index (χ0v) is 27.1. The van der Waals surface area contributed by atoms with Crippen molar-refractivity contribution in [3.63, 3.8) is 0 Å². The predicted octanol–water partition coefficient (Wildman–Crippen LogP) is 8.62. The van der Waals surface area contributed by atoms with Gasteiger partial charge in [-0.3, -0.25) is 4.79 Å². The van der Waals surface area contributed by atoms with Crippen molar-refractivity contribution in [1.29, 1.82) is 0 Å². The molecular weight excluding hydrogens is 552 g/mol. The van der Waals surface area contributed by atoms with E-state index in [0.717, 1.165) is 24.3 Å². The van der Waals surface area contributed by atoms with E-state index in [1.807, 2.05) is 23.7 Å². The molecule has 1 aromatic heterocycles. The summed E-state index contributed by atoms with van der Waals surface area (Å²) < 4.78 is 0. The molecule has 0 spiro atoms. The Hall–Kier alpha value is -2.47. The highest BCUT2D eigenvalue weighted by atomic mass is 32.1. The first kappa shape index (κ1) is 29.3. The van der Waals surface area contributed by atoms with E-state index in [1.165, 1.54) is 56.1 Å². The Morgan fingerprint density at radius 3 is 2.44 bits per heavy atom. The molecule has 43 heavy (non-hydrogen) atoms. The Bertz CT molecular complexity index is 1430. The maximum Gasteiger partial charge on any atom is 0.335 e. The average molecular weight is 601 g/mol. The number of amides is 1. The lowest BCUT2D eigenvalue weighted by molar-refractivity contribution is -0.181. The van der Waals surface area contributed by atoms with Gasteiger partial charge in [0.1, 0.15) is 5.01 Å². The number of carbonyl (C=O) groups excluding carboxylic acids is 1. The SMILES string of the molecule is CC1(C)C(c2ccc(C(=O)O)cc2)=CC[C@@]2(C)C1CC[C@@]1(C)C3CC[C@@]4(C(=O)NCc5nccs5)CCCC4[C@H]3CCC12. The lowest BCUT2D eigenvalue weighted by atomic mass is 9.36. The Morgan fingerprint density at radius 1 is 0.930 bits per heavy atom. The number of carbonyl (C=O) groups is 2. The lowest BCUT2D eigenvalue weighted by Crippen LogP contribution is -2.62. The maximum atomic E-state index is 13.9. The Balaban J connectivity index is 1.14. The Kier molecular flexibility index (Phi) is 7.00. The van der Waals surface area contributed by atoms with E-state index in [4.69, 9.17) is 0 Å². The normalized spacial score (nSPS) is 39.4. The summed E-state index contributed by atoms with van der Waals surface area (Å²) in [5.74, 6) is 2.62. The minimum atomic E-state index is -0.868. The van der Waals surface area contributed by atoms with Crippen molar-refractivity contribution in [2.24, 2.45) is 51.2 Å². The van der Waals surface area contributed by atoms with Gasteiger partial charge in [-0.15, -0.1) is 11.3 Å². The quantitative estimate of drug-likeness (QED) is 0.360. The van der Waals surface area contributed by atoms with E-state index in [-0.39, 0.29) is 16.2 Å². The number of carboxylic acid groups (broad SMARTS) is 1. The zero-order valence-electron chi connectivity index (χ0n) is 26.3. The summed E-state index contributed by atoms with van der Waals surface area (Å²) >= 11 is 1.62. The van der Waals surface area contributed by atoms with Crippen LogP contribution in [0.5, 0.6) is 0 Å². The van der Waals surface area contributed by atoms with Gasteiger partial charge in [-0.2, -0.15) is 0 Å². The number of aromatic carboxylic acids is 1. The molecule has 230 valence electrons. The van der Waals surface area contributed by atoms with Gasteiger partial charge in [-0.25, -0.2) is 9.78 Å². The minimum absolute atomic E-state index is 0.0264. The summed E-state index contributed by atoms with van der Waals surface area (Å²) in [4.78, 5) is 29.7. The van der Waals surface area contributed by atoms with E-state index in [1.54, 1.807) is 23.5 Å². The van der Waals surface area contributed by atoms with Crippen molar-refractivity contribution in [3.8, 4) is 0 Å². The standard InChI is InChI=1S/C37H48N2O3S/c1-34(2)26(23-7-9-24(10-8-23)32(40)41)13-17-36(4)29(34)15-18-35(3)27-14-19-37(33(42)39-22-31-38-20-21-43-31)16-5-6-28(37)25(27)11-12-30(35)36/h7-10,13,20-21,25,27-30H,5-6,11-12,14-19,22H2,1-4H3,(H,39,42)(H,40,41)/t25-,27?,28?,29?,30?,35-,36-,37-/m0/s1. The van der Waals surface area contributed by atoms with Crippen molar-refractivity contribution in [3.05, 3.63) is 58.1 Å². The second-order valence-electron chi connectivity index (χ2n) is 15.7. The number of allylic oxidation sites excluding steroid dienone is 2. The molecule has 5 aliphatic carbocycles. The number of carboxylic acids is 1. The van der Waals surface area contributed by atoms with Gasteiger partial charge in [0.15, 0.2) is 0 Å². The van der Waals surface area contributed by atoms with Gasteiger partial charge < -0.3 is 10.4 Å². The molecule has 5 nitrogen and oxygen atoms in total. The van der Waals surface area contributed by atoms with Gasteiger partial charge in [-0.1, -0.05) is 52.3 Å². The van der Waals surface area contributed by atoms with E-state index >= 15 is 0 Å². The number of benzene rings is 1. The van der Waals surface area contributed by atoms with Crippen molar-refractivity contribution >= 4 is 28.8 Å². The molecule has 0 bridgehead atoms. The summed E-state index contributed by atoms with van der Waals surface area (Å²) in [7, 11) is 0. The van der Waals surface area contributed by atoms with Gasteiger partial charge in [0.25, 0.3) is 0 Å². The van der Waals surface area contributed by atoms with Crippen LogP contribution in [0.1, 0.15) is 113 Å². The fourth-order valence-corrected chi connectivity index (χ4v) is 12.7. The molecule has 2 N–H and O–H groups in total. The topological polar surface area (TPSA) is 79.3 Å². The van der Waals surface area contributed by atoms with E-state index in [2.05, 4.69) is 44.1 Å². The van der Waals surface area contributed by atoms with E-state index in [9.17, 15) is 14.7 Å². The molecular formula is C37H48N2O3S. The number of hydrogen-bond acceptors (Lipinski definition) is 4. The van der Waals surface area contributed by atoms with Crippen LogP contribution in [0.4, 0.5) is 0 Å². The largest absolute Gasteiger partial charge is 0.478 e. The van der Waals surface area contributed by atoms with Gasteiger partial charge in [0.2, 0.25) is 5.91 Å². The van der Waals surface area contributed by atoms with Crippen molar-refractivity contribution in [2.45, 2.75) is 98.4 Å². The van der Waals surface area contributed by atoms with Crippen molar-refractivity contribution in [2.75, 3.05) is 0 Å². The van der Waals surface area contributed by atoms with Crippen LogP contribution in [0, 0.1) is 51.2 Å². The number of fused-ring (bicyclic) bond motifs is 7. The second kappa shape index (κ2) is 10.3. The molecule has 4 saturated carbocycles. The molecule has 1 aromatic carbocycles. The van der Waals surface area contributed by atoms with Crippen LogP contribution in [-0.2, 0) is 11.3 Å². The lowest BCUT2D eigenvalue weighted by Gasteiger charge is -2.68. The summed E-state index contributed by atoms with van der Waals surface area (Å²) in [6.07, 6.45) is 16.2. The second-order valence-corrected chi connectivity index (χ2v) is 16.7. The molecule has 7 rings (SSSR count). The number of thiazole rings is 1. The number of hydrogen-bond donors (Lipinski definition) is 2. The van der Waals surface area contributed by atoms with Crippen molar-refractivity contribution < 1.29 is 14.7 Å². The first-order chi connectivity index (χ1) is 20.5. The molecule has 5 aliphatic rings. The molecule has 4 fully saturated rings. The highest BCUT2D eigenvalue weighted by molar-refractivity contribution is 7.09. The number of rotatable bonds is 5. The first-order valence-electron chi connectivity index (χ1n) is 16.7. The third kappa shape index (κ3) is 4.32. The highest BCUT2D eigenvalue weighted by Crippen LogP contribution is 2.73. The fourth-order valence-electron chi connectivity index (χ4n) is 12.2. The fraction of sp³-hybridized carbons (Fsp3) is 0.649. The van der Waals surface area contributed by atoms with Crippen LogP contribution >= 0.6 is 11.3 Å². The molecule has 0 saturated heterocycles. The summed E-state index contributed by atoms with van der Waals surface area (Å²) in [5, 5.41) is 15.7. The van der Waals surface area contributed by atoms with Crippen LogP contribution in [0.15, 0.2) is 41.9 Å². The van der Waals surface area contributed by atoms with Crippen LogP contribution in [0.25, 0.3) is 5.57 Å². The van der Waals surface area contributed by atoms with E-state index in [0.29, 0.717) is 53.0 Å². The highest BCUT2D eigenvalue weighted by Gasteiger charge is 2.66. The predicted molar refractivity (Wildman–Crippen MR) is 171 cm³/mol. The summed E-state index contributed by atoms with van der Waals surface area (Å²) in [6, 6.07) is 7.54. The van der Waals surface area contributed by atoms with Gasteiger partial charge in [0.05, 0.1) is 17.5 Å². The van der Waals surface area contributed by atoms with Gasteiger partial charge in [0, 0.05) is 11.6 Å². The third-order valence-corrected chi connectivity index (χ3v) is 14.6. The van der Waals surface area contributed by atoms with Crippen LogP contribution < -0.4 is 5.32 Å². The van der Waals surface area contributed by atoms with Crippen LogP contribution in [0.2, 0.25) is 0 Å². The molecule has 1 amide bonds. The first-order valence-corrected chi connectivity index (χ1v) is 17.6. The summed E-state index contributed by atoms with van der Waals surface area (Å²) in [6.45, 7) is 10.7. The third-order valence-electron chi connectivity index (χ3n) is 13.9. The molecule has 2 aromatic rings. The summed E-state index contributed by atoms with van der Waals surface area (Å²) in [5.41, 5.74) is 3.34. The average Bonchev–Trinajstić information content (AvgIpc) is 3.66. The monoisotopic (exact) mass is 600 g/mol. The molecule has 0 aliphatic heterocycles. The molecule has 0 radical (unpaired) electrons. The van der Waals surface area contributed by atoms with Crippen LogP contribution in [-0.4, -0.2) is 22.0 Å². The van der Waals surface area contributed by atoms with Gasteiger partial charge >= 0.3 is 5.97 Å². The Labute approximate surface area is 261 Å². The van der Waals surface area contributed by atoms with Crippen molar-refractivity contribution in [1.82, 2.24) is 10.3 Å². The maximum absolute atomic E-state index is 13.9. The number of nitrogens with one attached hydrogen (secondary N) is 1. The van der Waals surface area contributed by atoms with E-state index < -0.39 is 5.97 Å². The van der Waals surface area contributed by atoms with Gasteiger partial charge in [-0.05, 0) is 127 Å². The zero-order chi connectivity index (χ0) is 30.2. The molecule has 8 atom stereocenters. The number of nitrogens with zero attached hydrogens (tertiary/aromatic N) is 1. The molecule has 4 unspecified atom stereocenters. The Morgan fingerprint density at radius 2 is 1.72 bits per heavy atom. The smallest absolute Gasteiger partial charge is 0.335 e. The number of aromatic nitrogens is 1. The van der Waals surface area contributed by atoms with Crippen LogP contribution in [0.3, 0.4) is 0 Å². The minimum Gasteiger partial charge on any atom is -0.478 e. The molecule has 6 heteroatoms. The molecule has 1 heterocycles.